The number of hydrogen-bond donors (Lipinski definition) is 2. The number of rotatable bonds is 11. The molecule has 0 bridgehead atoms. The highest BCUT2D eigenvalue weighted by Crippen LogP contribution is 2.12. The van der Waals surface area contributed by atoms with E-state index in [9.17, 15) is 14.4 Å². The maximum atomic E-state index is 13.0. The Hall–Kier alpha value is -3.00. The van der Waals surface area contributed by atoms with E-state index in [4.69, 9.17) is 9.47 Å². The summed E-state index contributed by atoms with van der Waals surface area (Å²) in [6, 6.07) is 14.3. The molecular formula is C23H28N2O5S. The molecule has 0 aliphatic heterocycles. The standard InChI is InChI=1S/C23H28N2O5S/c1-29-18-11-9-17(10-12-18)21(26)25-20(15-16-7-5-4-6-8-16)22(27)24-19(13-14-31-3)23(28)30-2/h4-12,19-20H,13-15H2,1-3H3,(H,24,27)(H,25,26)/t19-,20+/m0/s1. The fourth-order valence-electron chi connectivity index (χ4n) is 2.94. The van der Waals surface area contributed by atoms with Crippen LogP contribution < -0.4 is 15.4 Å². The molecule has 0 aromatic heterocycles. The van der Waals surface area contributed by atoms with E-state index in [1.165, 1.54) is 7.11 Å². The molecule has 2 amide bonds. The Bertz CT molecular complexity index is 858. The minimum absolute atomic E-state index is 0.283. The summed E-state index contributed by atoms with van der Waals surface area (Å²) in [6.07, 6.45) is 2.64. The van der Waals surface area contributed by atoms with Gasteiger partial charge in [-0.25, -0.2) is 4.79 Å². The molecule has 2 N–H and O–H groups in total. The van der Waals surface area contributed by atoms with Crippen LogP contribution in [-0.2, 0) is 20.7 Å². The number of thioether (sulfide) groups is 1. The van der Waals surface area contributed by atoms with Gasteiger partial charge in [-0.2, -0.15) is 11.8 Å². The average molecular weight is 445 g/mol. The third kappa shape index (κ3) is 7.64. The second-order valence-electron chi connectivity index (χ2n) is 6.81. The second kappa shape index (κ2) is 12.6. The number of carbonyl (C=O) groups excluding carboxylic acids is 3. The fourth-order valence-corrected chi connectivity index (χ4v) is 3.41. The van der Waals surface area contributed by atoms with E-state index >= 15 is 0 Å². The number of methoxy groups -OCH3 is 2. The van der Waals surface area contributed by atoms with Crippen molar-refractivity contribution in [1.82, 2.24) is 10.6 Å². The summed E-state index contributed by atoms with van der Waals surface area (Å²) < 4.78 is 9.93. The maximum Gasteiger partial charge on any atom is 0.328 e. The first-order chi connectivity index (χ1) is 15.0. The van der Waals surface area contributed by atoms with Gasteiger partial charge in [0.05, 0.1) is 14.2 Å². The van der Waals surface area contributed by atoms with Gasteiger partial charge in [0.25, 0.3) is 5.91 Å². The number of nitrogens with one attached hydrogen (secondary N) is 2. The first-order valence-corrected chi connectivity index (χ1v) is 11.2. The molecule has 2 rings (SSSR count). The van der Waals surface area contributed by atoms with Gasteiger partial charge in [-0.05, 0) is 48.3 Å². The van der Waals surface area contributed by atoms with Crippen molar-refractivity contribution in [3.8, 4) is 5.75 Å². The van der Waals surface area contributed by atoms with E-state index in [0.29, 0.717) is 23.5 Å². The van der Waals surface area contributed by atoms with E-state index in [-0.39, 0.29) is 6.42 Å². The van der Waals surface area contributed by atoms with Crippen molar-refractivity contribution < 1.29 is 23.9 Å². The normalized spacial score (nSPS) is 12.4. The van der Waals surface area contributed by atoms with Crippen molar-refractivity contribution in [1.29, 1.82) is 0 Å². The molecule has 31 heavy (non-hydrogen) atoms. The van der Waals surface area contributed by atoms with Gasteiger partial charge in [-0.3, -0.25) is 9.59 Å². The van der Waals surface area contributed by atoms with Gasteiger partial charge >= 0.3 is 5.97 Å². The zero-order chi connectivity index (χ0) is 22.6. The Morgan fingerprint density at radius 2 is 1.61 bits per heavy atom. The lowest BCUT2D eigenvalue weighted by atomic mass is 10.0. The summed E-state index contributed by atoms with van der Waals surface area (Å²) in [4.78, 5) is 37.9. The maximum absolute atomic E-state index is 13.0. The Morgan fingerprint density at radius 3 is 2.19 bits per heavy atom. The third-order valence-electron chi connectivity index (χ3n) is 4.67. The third-order valence-corrected chi connectivity index (χ3v) is 5.31. The van der Waals surface area contributed by atoms with E-state index in [2.05, 4.69) is 10.6 Å². The van der Waals surface area contributed by atoms with Crippen molar-refractivity contribution in [3.05, 3.63) is 65.7 Å². The van der Waals surface area contributed by atoms with Crippen molar-refractivity contribution in [2.75, 3.05) is 26.2 Å². The van der Waals surface area contributed by atoms with Crippen molar-refractivity contribution >= 4 is 29.5 Å². The second-order valence-corrected chi connectivity index (χ2v) is 7.80. The largest absolute Gasteiger partial charge is 0.497 e. The minimum atomic E-state index is -0.863. The molecule has 8 heteroatoms. The summed E-state index contributed by atoms with van der Waals surface area (Å²) >= 11 is 1.57. The summed E-state index contributed by atoms with van der Waals surface area (Å²) in [6.45, 7) is 0. The molecule has 0 saturated heterocycles. The van der Waals surface area contributed by atoms with Crippen LogP contribution in [0.3, 0.4) is 0 Å². The molecular weight excluding hydrogens is 416 g/mol. The number of esters is 1. The summed E-state index contributed by atoms with van der Waals surface area (Å²) in [5.41, 5.74) is 1.29. The highest BCUT2D eigenvalue weighted by molar-refractivity contribution is 7.98. The number of amides is 2. The summed E-state index contributed by atoms with van der Waals surface area (Å²) in [5.74, 6) is -0.0337. The van der Waals surface area contributed by atoms with Crippen LogP contribution in [0.25, 0.3) is 0 Å². The predicted molar refractivity (Wildman–Crippen MR) is 121 cm³/mol. The fraction of sp³-hybridized carbons (Fsp3) is 0.348. The van der Waals surface area contributed by atoms with E-state index in [1.54, 1.807) is 43.1 Å². The lowest BCUT2D eigenvalue weighted by Crippen LogP contribution is -2.52. The molecule has 0 saturated carbocycles. The topological polar surface area (TPSA) is 93.7 Å². The highest BCUT2D eigenvalue weighted by atomic mass is 32.2. The minimum Gasteiger partial charge on any atom is -0.497 e. The molecule has 7 nitrogen and oxygen atoms in total. The van der Waals surface area contributed by atoms with Crippen LogP contribution in [0.15, 0.2) is 54.6 Å². The van der Waals surface area contributed by atoms with Crippen molar-refractivity contribution in [3.63, 3.8) is 0 Å². The van der Waals surface area contributed by atoms with Gasteiger partial charge < -0.3 is 20.1 Å². The zero-order valence-corrected chi connectivity index (χ0v) is 18.7. The SMILES string of the molecule is COC(=O)[C@H](CCSC)NC(=O)[C@@H](Cc1ccccc1)NC(=O)c1ccc(OC)cc1. The van der Waals surface area contributed by atoms with E-state index in [1.807, 2.05) is 36.6 Å². The summed E-state index contributed by atoms with van der Waals surface area (Å²) in [5, 5.41) is 5.52. The van der Waals surface area contributed by atoms with Crippen LogP contribution >= 0.6 is 11.8 Å². The van der Waals surface area contributed by atoms with Crippen molar-refractivity contribution in [2.24, 2.45) is 0 Å². The molecule has 0 fully saturated rings. The van der Waals surface area contributed by atoms with Gasteiger partial charge in [-0.1, -0.05) is 30.3 Å². The average Bonchev–Trinajstić information content (AvgIpc) is 2.81. The lowest BCUT2D eigenvalue weighted by Gasteiger charge is -2.22. The Balaban J connectivity index is 2.18. The smallest absolute Gasteiger partial charge is 0.328 e. The first-order valence-electron chi connectivity index (χ1n) is 9.84. The van der Waals surface area contributed by atoms with Crippen LogP contribution in [0.2, 0.25) is 0 Å². The molecule has 0 radical (unpaired) electrons. The highest BCUT2D eigenvalue weighted by Gasteiger charge is 2.27. The summed E-state index contributed by atoms with van der Waals surface area (Å²) in [7, 11) is 2.83. The van der Waals surface area contributed by atoms with E-state index < -0.39 is 29.9 Å². The molecule has 2 aromatic rings. The Kier molecular flexibility index (Phi) is 9.90. The van der Waals surface area contributed by atoms with Gasteiger partial charge in [0.2, 0.25) is 5.91 Å². The molecule has 166 valence electrons. The number of ether oxygens (including phenoxy) is 2. The number of carbonyl (C=O) groups is 3. The molecule has 0 heterocycles. The Morgan fingerprint density at radius 1 is 0.935 bits per heavy atom. The van der Waals surface area contributed by atoms with Gasteiger partial charge in [0.1, 0.15) is 17.8 Å². The monoisotopic (exact) mass is 444 g/mol. The van der Waals surface area contributed by atoms with Crippen LogP contribution in [-0.4, -0.2) is 56.1 Å². The van der Waals surface area contributed by atoms with Gasteiger partial charge in [0.15, 0.2) is 0 Å². The molecule has 2 atom stereocenters. The lowest BCUT2D eigenvalue weighted by molar-refractivity contribution is -0.145. The molecule has 0 aliphatic rings. The van der Waals surface area contributed by atoms with E-state index in [0.717, 1.165) is 5.56 Å². The number of benzene rings is 2. The molecule has 2 aromatic carbocycles. The molecule has 0 spiro atoms. The zero-order valence-electron chi connectivity index (χ0n) is 17.9. The Labute approximate surface area is 186 Å². The van der Waals surface area contributed by atoms with Gasteiger partial charge in [-0.15, -0.1) is 0 Å². The molecule has 0 aliphatic carbocycles. The van der Waals surface area contributed by atoms with Gasteiger partial charge in [0, 0.05) is 12.0 Å². The van der Waals surface area contributed by atoms with Crippen LogP contribution in [0.5, 0.6) is 5.75 Å². The van der Waals surface area contributed by atoms with Crippen LogP contribution in [0.4, 0.5) is 0 Å². The molecule has 0 unspecified atom stereocenters. The van der Waals surface area contributed by atoms with Crippen LogP contribution in [0, 0.1) is 0 Å². The van der Waals surface area contributed by atoms with Crippen molar-refractivity contribution in [2.45, 2.75) is 24.9 Å². The predicted octanol–water partition coefficient (Wildman–Crippen LogP) is 2.45. The first kappa shape index (κ1) is 24.3. The van der Waals surface area contributed by atoms with Crippen LogP contribution in [0.1, 0.15) is 22.3 Å². The quantitative estimate of drug-likeness (QED) is 0.517. The number of hydrogen-bond acceptors (Lipinski definition) is 6.